The van der Waals surface area contributed by atoms with Crippen LogP contribution in [0.15, 0.2) is 44.4 Å². The fourth-order valence-corrected chi connectivity index (χ4v) is 7.31. The summed E-state index contributed by atoms with van der Waals surface area (Å²) >= 11 is 4.63. The van der Waals surface area contributed by atoms with Gasteiger partial charge in [0, 0.05) is 30.7 Å². The number of halogens is 2. The molecule has 9 nitrogen and oxygen atoms in total. The molecule has 5 atom stereocenters. The largest absolute Gasteiger partial charge is 0.481 e. The number of carbonyl (C=O) groups is 2. The first-order chi connectivity index (χ1) is 18.4. The van der Waals surface area contributed by atoms with Gasteiger partial charge < -0.3 is 14.6 Å². The number of hydrogen-bond donors (Lipinski definition) is 1. The summed E-state index contributed by atoms with van der Waals surface area (Å²) < 4.78 is 25.8. The van der Waals surface area contributed by atoms with Crippen molar-refractivity contribution < 1.29 is 28.6 Å². The fourth-order valence-electron chi connectivity index (χ4n) is 5.63. The van der Waals surface area contributed by atoms with Crippen LogP contribution in [0.4, 0.5) is 4.39 Å². The molecule has 0 spiro atoms. The third-order valence-electron chi connectivity index (χ3n) is 7.31. The third-order valence-corrected chi connectivity index (χ3v) is 9.36. The lowest BCUT2D eigenvalue weighted by Gasteiger charge is -2.49. The summed E-state index contributed by atoms with van der Waals surface area (Å²) in [5.74, 6) is -1.43. The number of rotatable bonds is 7. The maximum Gasteiger partial charge on any atom is 0.322 e. The molecule has 12 heteroatoms. The Morgan fingerprint density at radius 2 is 2.05 bits per heavy atom. The number of thioether (sulfide) groups is 1. The number of carbonyl (C=O) groups excluding carboxylic acids is 1. The SMILES string of the molecule is CCOC(=O)[C@@H]1SC(N2C=NCC=C2CN2[C@@H]3COC[C@H]2CC(CC(=O)O)C3)=N[C@@H]1c1cccc(F)c1Br. The van der Waals surface area contributed by atoms with Gasteiger partial charge in [0.25, 0.3) is 0 Å². The van der Waals surface area contributed by atoms with E-state index in [1.807, 2.05) is 11.0 Å². The van der Waals surface area contributed by atoms with Gasteiger partial charge in [-0.1, -0.05) is 23.9 Å². The average Bonchev–Trinajstić information content (AvgIpc) is 3.31. The Labute approximate surface area is 233 Å². The maximum absolute atomic E-state index is 14.4. The molecule has 4 heterocycles. The maximum atomic E-state index is 14.4. The highest BCUT2D eigenvalue weighted by Gasteiger charge is 2.43. The van der Waals surface area contributed by atoms with Crippen molar-refractivity contribution in [3.63, 3.8) is 0 Å². The van der Waals surface area contributed by atoms with Gasteiger partial charge >= 0.3 is 11.9 Å². The molecule has 5 rings (SSSR count). The van der Waals surface area contributed by atoms with Crippen LogP contribution in [0.2, 0.25) is 0 Å². The second-order valence-corrected chi connectivity index (χ2v) is 11.7. The zero-order chi connectivity index (χ0) is 26.8. The molecular weight excluding hydrogens is 579 g/mol. The number of piperidine rings is 1. The van der Waals surface area contributed by atoms with Crippen LogP contribution in [0, 0.1) is 11.7 Å². The third kappa shape index (κ3) is 5.68. The monoisotopic (exact) mass is 608 g/mol. The predicted octanol–water partition coefficient (Wildman–Crippen LogP) is 3.85. The minimum atomic E-state index is -0.758. The quantitative estimate of drug-likeness (QED) is 0.466. The van der Waals surface area contributed by atoms with Crippen LogP contribution in [-0.4, -0.2) is 88.6 Å². The molecule has 4 aliphatic rings. The van der Waals surface area contributed by atoms with E-state index in [9.17, 15) is 19.1 Å². The van der Waals surface area contributed by atoms with E-state index in [-0.39, 0.29) is 35.5 Å². The lowest BCUT2D eigenvalue weighted by Crippen LogP contribution is -2.58. The van der Waals surface area contributed by atoms with E-state index in [2.05, 4.69) is 25.8 Å². The van der Waals surface area contributed by atoms with Gasteiger partial charge in [-0.3, -0.25) is 29.4 Å². The van der Waals surface area contributed by atoms with Crippen LogP contribution in [-0.2, 0) is 19.1 Å². The van der Waals surface area contributed by atoms with Crippen molar-refractivity contribution >= 4 is 51.1 Å². The van der Waals surface area contributed by atoms with Gasteiger partial charge in [0.2, 0.25) is 0 Å². The van der Waals surface area contributed by atoms with Gasteiger partial charge in [0.15, 0.2) is 5.17 Å². The Kier molecular flexibility index (Phi) is 8.51. The standard InChI is InChI=1S/C26H30BrFN4O5S/c1-2-37-25(35)24-23(19-4-3-5-20(28)22(19)27)30-26(38-24)32-14-29-7-6-16(32)11-31-17-8-15(10-21(33)34)9-18(31)13-36-12-17/h3-6,14-15,17-18,23-24H,2,7-13H2,1H3,(H,33,34)/t15?,17-,18+,23-,24-/m1/s1. The van der Waals surface area contributed by atoms with Crippen LogP contribution >= 0.6 is 27.7 Å². The van der Waals surface area contributed by atoms with E-state index in [0.29, 0.717) is 37.0 Å². The molecule has 1 aromatic rings. The van der Waals surface area contributed by atoms with Gasteiger partial charge in [-0.2, -0.15) is 0 Å². The second kappa shape index (κ2) is 11.8. The number of morpholine rings is 1. The van der Waals surface area contributed by atoms with Crippen LogP contribution in [0.25, 0.3) is 0 Å². The Morgan fingerprint density at radius 3 is 2.76 bits per heavy atom. The number of amidine groups is 1. The van der Waals surface area contributed by atoms with Crippen LogP contribution in [0.3, 0.4) is 0 Å². The Bertz CT molecular complexity index is 1170. The molecule has 204 valence electrons. The molecule has 2 saturated heterocycles. The molecule has 2 fully saturated rings. The fraction of sp³-hybridized carbons (Fsp3) is 0.538. The Balaban J connectivity index is 1.39. The van der Waals surface area contributed by atoms with Crippen molar-refractivity contribution in [1.82, 2.24) is 9.80 Å². The molecule has 38 heavy (non-hydrogen) atoms. The van der Waals surface area contributed by atoms with E-state index >= 15 is 0 Å². The summed E-state index contributed by atoms with van der Waals surface area (Å²) in [7, 11) is 0. The van der Waals surface area contributed by atoms with Crippen molar-refractivity contribution in [2.45, 2.75) is 49.6 Å². The number of aliphatic imine (C=N–C) groups is 2. The number of nitrogens with zero attached hydrogens (tertiary/aromatic N) is 4. The topological polar surface area (TPSA) is 104 Å². The van der Waals surface area contributed by atoms with Crippen LogP contribution < -0.4 is 0 Å². The number of benzene rings is 1. The molecule has 1 N–H and O–H groups in total. The summed E-state index contributed by atoms with van der Waals surface area (Å²) in [5, 5.41) is 9.23. The highest BCUT2D eigenvalue weighted by molar-refractivity contribution is 9.10. The number of ether oxygens (including phenoxy) is 2. The van der Waals surface area contributed by atoms with Crippen LogP contribution in [0.5, 0.6) is 0 Å². The number of carboxylic acids is 1. The first-order valence-corrected chi connectivity index (χ1v) is 14.4. The molecule has 0 amide bonds. The smallest absolute Gasteiger partial charge is 0.322 e. The van der Waals surface area contributed by atoms with Crippen molar-refractivity contribution in [3.05, 3.63) is 45.8 Å². The summed E-state index contributed by atoms with van der Waals surface area (Å²) in [6.07, 6.45) is 5.52. The summed E-state index contributed by atoms with van der Waals surface area (Å²) in [5.41, 5.74) is 1.57. The van der Waals surface area contributed by atoms with Crippen molar-refractivity contribution in [2.24, 2.45) is 15.9 Å². The van der Waals surface area contributed by atoms with Gasteiger partial charge in [0.1, 0.15) is 17.1 Å². The van der Waals surface area contributed by atoms with Crippen molar-refractivity contribution in [2.75, 3.05) is 32.9 Å². The number of esters is 1. The summed E-state index contributed by atoms with van der Waals surface area (Å²) in [4.78, 5) is 37.9. The zero-order valence-electron chi connectivity index (χ0n) is 21.0. The number of aliphatic carboxylic acids is 1. The molecule has 0 aliphatic carbocycles. The average molecular weight is 610 g/mol. The summed E-state index contributed by atoms with van der Waals surface area (Å²) in [6.45, 7) is 4.30. The first-order valence-electron chi connectivity index (χ1n) is 12.7. The van der Waals surface area contributed by atoms with Crippen molar-refractivity contribution in [3.8, 4) is 0 Å². The van der Waals surface area contributed by atoms with E-state index in [1.54, 1.807) is 25.4 Å². The number of fused-ring (bicyclic) bond motifs is 2. The Hall–Kier alpha value is -2.28. The zero-order valence-corrected chi connectivity index (χ0v) is 23.4. The summed E-state index contributed by atoms with van der Waals surface area (Å²) in [6, 6.07) is 4.37. The highest BCUT2D eigenvalue weighted by Crippen LogP contribution is 2.43. The molecule has 1 unspecified atom stereocenters. The normalized spacial score (nSPS) is 29.1. The molecule has 2 bridgehead atoms. The van der Waals surface area contributed by atoms with Gasteiger partial charge in [-0.05, 0) is 59.3 Å². The molecule has 0 radical (unpaired) electrons. The molecule has 4 aliphatic heterocycles. The molecule has 0 saturated carbocycles. The lowest BCUT2D eigenvalue weighted by atomic mass is 9.83. The minimum absolute atomic E-state index is 0.134. The van der Waals surface area contributed by atoms with Gasteiger partial charge in [-0.15, -0.1) is 0 Å². The molecule has 1 aromatic carbocycles. The minimum Gasteiger partial charge on any atom is -0.481 e. The van der Waals surface area contributed by atoms with Crippen LogP contribution in [0.1, 0.15) is 37.8 Å². The van der Waals surface area contributed by atoms with E-state index in [4.69, 9.17) is 14.5 Å². The Morgan fingerprint density at radius 1 is 1.29 bits per heavy atom. The predicted molar refractivity (Wildman–Crippen MR) is 146 cm³/mol. The molecular formula is C26H30BrFN4O5S. The number of hydrogen-bond acceptors (Lipinski definition) is 9. The van der Waals surface area contributed by atoms with E-state index < -0.39 is 29.0 Å². The van der Waals surface area contributed by atoms with Gasteiger partial charge in [-0.25, -0.2) is 4.39 Å². The number of carboxylic acid groups (broad SMARTS) is 1. The highest BCUT2D eigenvalue weighted by atomic mass is 79.9. The molecule has 0 aromatic heterocycles. The van der Waals surface area contributed by atoms with E-state index in [1.165, 1.54) is 17.8 Å². The first kappa shape index (κ1) is 27.3. The van der Waals surface area contributed by atoms with E-state index in [0.717, 1.165) is 18.5 Å². The van der Waals surface area contributed by atoms with Gasteiger partial charge in [0.05, 0.1) is 37.2 Å². The second-order valence-electron chi connectivity index (χ2n) is 9.79. The van der Waals surface area contributed by atoms with Crippen molar-refractivity contribution in [1.29, 1.82) is 0 Å². The lowest BCUT2D eigenvalue weighted by molar-refractivity contribution is -0.143.